The van der Waals surface area contributed by atoms with Gasteiger partial charge in [-0.15, -0.1) is 0 Å². The SMILES string of the molecule is COC(=O)COCC#CCN1C(=O)CCCC1/C=C/[C@H](O)Cc1cccc(Cl)c1. The molecule has 7 heteroatoms. The van der Waals surface area contributed by atoms with E-state index >= 15 is 0 Å². The van der Waals surface area contributed by atoms with Crippen molar-refractivity contribution in [3.63, 3.8) is 0 Å². The van der Waals surface area contributed by atoms with Crippen LogP contribution in [0.3, 0.4) is 0 Å². The zero-order chi connectivity index (χ0) is 21.1. The van der Waals surface area contributed by atoms with E-state index in [2.05, 4.69) is 16.6 Å². The molecule has 1 aromatic rings. The number of methoxy groups -OCH3 is 1. The molecule has 156 valence electrons. The van der Waals surface area contributed by atoms with Gasteiger partial charge in [-0.2, -0.15) is 0 Å². The topological polar surface area (TPSA) is 76.1 Å². The first-order valence-electron chi connectivity index (χ1n) is 9.50. The Morgan fingerprint density at radius 1 is 1.45 bits per heavy atom. The number of aliphatic hydroxyl groups excluding tert-OH is 1. The molecule has 29 heavy (non-hydrogen) atoms. The van der Waals surface area contributed by atoms with E-state index in [-0.39, 0.29) is 31.7 Å². The van der Waals surface area contributed by atoms with Gasteiger partial charge in [-0.25, -0.2) is 4.79 Å². The summed E-state index contributed by atoms with van der Waals surface area (Å²) >= 11 is 5.98. The predicted molar refractivity (Wildman–Crippen MR) is 110 cm³/mol. The van der Waals surface area contributed by atoms with Gasteiger partial charge in [0.1, 0.15) is 13.2 Å². The lowest BCUT2D eigenvalue weighted by Crippen LogP contribution is -2.42. The van der Waals surface area contributed by atoms with Gasteiger partial charge in [-0.1, -0.05) is 47.7 Å². The number of carbonyl (C=O) groups excluding carboxylic acids is 2. The minimum Gasteiger partial charge on any atom is -0.467 e. The van der Waals surface area contributed by atoms with Gasteiger partial charge >= 0.3 is 5.97 Å². The zero-order valence-electron chi connectivity index (χ0n) is 16.5. The molecule has 2 atom stereocenters. The number of ether oxygens (including phenoxy) is 2. The highest BCUT2D eigenvalue weighted by Crippen LogP contribution is 2.19. The van der Waals surface area contributed by atoms with Gasteiger partial charge in [0.15, 0.2) is 0 Å². The molecule has 6 nitrogen and oxygen atoms in total. The molecule has 1 unspecified atom stereocenters. The molecule has 1 N–H and O–H groups in total. The molecule has 1 amide bonds. The largest absolute Gasteiger partial charge is 0.467 e. The van der Waals surface area contributed by atoms with Gasteiger partial charge in [0.25, 0.3) is 0 Å². The Balaban J connectivity index is 1.87. The summed E-state index contributed by atoms with van der Waals surface area (Å²) in [6.07, 6.45) is 5.53. The summed E-state index contributed by atoms with van der Waals surface area (Å²) in [6, 6.07) is 7.28. The number of carbonyl (C=O) groups is 2. The monoisotopic (exact) mass is 419 g/mol. The Bertz CT molecular complexity index is 783. The highest BCUT2D eigenvalue weighted by Gasteiger charge is 2.25. The van der Waals surface area contributed by atoms with Crippen LogP contribution >= 0.6 is 11.6 Å². The van der Waals surface area contributed by atoms with Gasteiger partial charge in [0.2, 0.25) is 5.91 Å². The fourth-order valence-corrected chi connectivity index (χ4v) is 3.23. The van der Waals surface area contributed by atoms with Crippen molar-refractivity contribution in [3.05, 3.63) is 47.0 Å². The van der Waals surface area contributed by atoms with Crippen molar-refractivity contribution in [1.29, 1.82) is 0 Å². The molecule has 0 saturated carbocycles. The minimum absolute atomic E-state index is 0.0417. The maximum Gasteiger partial charge on any atom is 0.331 e. The number of aliphatic hydroxyl groups is 1. The van der Waals surface area contributed by atoms with E-state index in [0.717, 1.165) is 18.4 Å². The molecular formula is C22H26ClNO5. The molecule has 1 aromatic carbocycles. The van der Waals surface area contributed by atoms with E-state index in [1.807, 2.05) is 24.3 Å². The molecule has 2 rings (SSSR count). The lowest BCUT2D eigenvalue weighted by atomic mass is 9.99. The third-order valence-corrected chi connectivity index (χ3v) is 4.73. The average molecular weight is 420 g/mol. The van der Waals surface area contributed by atoms with E-state index in [4.69, 9.17) is 16.3 Å². The van der Waals surface area contributed by atoms with Crippen molar-refractivity contribution in [3.8, 4) is 11.8 Å². The number of esters is 1. The number of rotatable bonds is 8. The number of hydrogen-bond donors (Lipinski definition) is 1. The summed E-state index contributed by atoms with van der Waals surface area (Å²) < 4.78 is 9.54. The molecule has 0 aromatic heterocycles. The fraction of sp³-hybridized carbons (Fsp3) is 0.455. The average Bonchev–Trinajstić information content (AvgIpc) is 2.70. The van der Waals surface area contributed by atoms with Crippen molar-refractivity contribution < 1.29 is 24.2 Å². The maximum absolute atomic E-state index is 12.3. The fourth-order valence-electron chi connectivity index (χ4n) is 3.02. The third-order valence-electron chi connectivity index (χ3n) is 4.50. The van der Waals surface area contributed by atoms with Crippen molar-refractivity contribution in [2.45, 2.75) is 37.8 Å². The lowest BCUT2D eigenvalue weighted by Gasteiger charge is -2.32. The summed E-state index contributed by atoms with van der Waals surface area (Å²) in [5, 5.41) is 10.9. The Kier molecular flexibility index (Phi) is 9.72. The summed E-state index contributed by atoms with van der Waals surface area (Å²) in [4.78, 5) is 24.9. The van der Waals surface area contributed by atoms with Crippen LogP contribution in [0.4, 0.5) is 0 Å². The maximum atomic E-state index is 12.3. The molecule has 1 fully saturated rings. The van der Waals surface area contributed by atoms with Crippen LogP contribution in [0.15, 0.2) is 36.4 Å². The van der Waals surface area contributed by atoms with E-state index < -0.39 is 12.1 Å². The third kappa shape index (κ3) is 8.28. The number of hydrogen-bond acceptors (Lipinski definition) is 5. The lowest BCUT2D eigenvalue weighted by molar-refractivity contribution is -0.145. The smallest absolute Gasteiger partial charge is 0.331 e. The van der Waals surface area contributed by atoms with Crippen molar-refractivity contribution in [2.24, 2.45) is 0 Å². The van der Waals surface area contributed by atoms with Crippen molar-refractivity contribution >= 4 is 23.5 Å². The number of piperidine rings is 1. The zero-order valence-corrected chi connectivity index (χ0v) is 17.2. The second-order valence-corrected chi connectivity index (χ2v) is 7.13. The normalized spacial score (nSPS) is 17.7. The number of amides is 1. The van der Waals surface area contributed by atoms with Crippen LogP contribution in [0.1, 0.15) is 24.8 Å². The van der Waals surface area contributed by atoms with E-state index in [0.29, 0.717) is 17.9 Å². The van der Waals surface area contributed by atoms with E-state index in [1.54, 1.807) is 17.0 Å². The van der Waals surface area contributed by atoms with E-state index in [1.165, 1.54) is 7.11 Å². The van der Waals surface area contributed by atoms with Crippen LogP contribution < -0.4 is 0 Å². The van der Waals surface area contributed by atoms with Gasteiger partial charge in [-0.05, 0) is 30.5 Å². The summed E-state index contributed by atoms with van der Waals surface area (Å²) in [7, 11) is 1.29. The Labute approximate surface area is 176 Å². The number of nitrogens with zero attached hydrogens (tertiary/aromatic N) is 1. The first kappa shape index (κ1) is 23.0. The van der Waals surface area contributed by atoms with E-state index in [9.17, 15) is 14.7 Å². The van der Waals surface area contributed by atoms with Gasteiger partial charge in [-0.3, -0.25) is 4.79 Å². The molecular weight excluding hydrogens is 394 g/mol. The molecule has 1 heterocycles. The number of benzene rings is 1. The quantitative estimate of drug-likeness (QED) is 0.303. The standard InChI is InChI=1S/C22H26ClNO5/c1-28-22(27)16-29-13-3-2-12-24-19(8-5-9-21(24)26)10-11-20(25)15-17-6-4-7-18(23)14-17/h4,6-7,10-11,14,19-20,25H,5,8-9,12-13,15-16H2,1H3/b11-10+/t19?,20-/m0/s1. The summed E-state index contributed by atoms with van der Waals surface area (Å²) in [5.41, 5.74) is 0.948. The Hall–Kier alpha value is -2.33. The molecule has 1 aliphatic heterocycles. The molecule has 0 spiro atoms. The first-order chi connectivity index (χ1) is 14.0. The van der Waals surface area contributed by atoms with Crippen LogP contribution in [-0.4, -0.2) is 60.9 Å². The van der Waals surface area contributed by atoms with Crippen LogP contribution in [0.25, 0.3) is 0 Å². The van der Waals surface area contributed by atoms with Crippen molar-refractivity contribution in [2.75, 3.05) is 26.9 Å². The second-order valence-electron chi connectivity index (χ2n) is 6.69. The first-order valence-corrected chi connectivity index (χ1v) is 9.88. The minimum atomic E-state index is -0.662. The molecule has 1 saturated heterocycles. The highest BCUT2D eigenvalue weighted by atomic mass is 35.5. The number of likely N-dealkylation sites (tertiary alicyclic amines) is 1. The summed E-state index contributed by atoms with van der Waals surface area (Å²) in [5.74, 6) is 5.29. The highest BCUT2D eigenvalue weighted by molar-refractivity contribution is 6.30. The predicted octanol–water partition coefficient (Wildman–Crippen LogP) is 2.37. The van der Waals surface area contributed by atoms with Crippen LogP contribution in [0.2, 0.25) is 5.02 Å². The molecule has 0 bridgehead atoms. The molecule has 0 radical (unpaired) electrons. The Morgan fingerprint density at radius 3 is 3.03 bits per heavy atom. The Morgan fingerprint density at radius 2 is 2.28 bits per heavy atom. The van der Waals surface area contributed by atoms with Gasteiger partial charge in [0.05, 0.1) is 25.8 Å². The second kappa shape index (κ2) is 12.3. The summed E-state index contributed by atoms with van der Waals surface area (Å²) in [6.45, 7) is 0.222. The van der Waals surface area contributed by atoms with Crippen LogP contribution in [0, 0.1) is 11.8 Å². The van der Waals surface area contributed by atoms with Gasteiger partial charge < -0.3 is 19.5 Å². The molecule has 1 aliphatic rings. The van der Waals surface area contributed by atoms with Crippen LogP contribution in [-0.2, 0) is 25.5 Å². The number of halogens is 1. The van der Waals surface area contributed by atoms with Gasteiger partial charge in [0, 0.05) is 17.9 Å². The van der Waals surface area contributed by atoms with Crippen LogP contribution in [0.5, 0.6) is 0 Å². The van der Waals surface area contributed by atoms with Crippen molar-refractivity contribution in [1.82, 2.24) is 4.90 Å². The molecule has 0 aliphatic carbocycles.